The molecule has 1 saturated carbocycles. The van der Waals surface area contributed by atoms with Crippen LogP contribution in [0.3, 0.4) is 0 Å². The third kappa shape index (κ3) is 3.21. The summed E-state index contributed by atoms with van der Waals surface area (Å²) in [5.41, 5.74) is 1.68. The Morgan fingerprint density at radius 1 is 1.15 bits per heavy atom. The molecule has 1 fully saturated rings. The van der Waals surface area contributed by atoms with Crippen LogP contribution in [0.4, 0.5) is 4.39 Å². The molecule has 0 saturated heterocycles. The number of halogens is 1. The van der Waals surface area contributed by atoms with Crippen LogP contribution >= 0.6 is 11.8 Å². The third-order valence-electron chi connectivity index (χ3n) is 4.73. The average molecular weight is 370 g/mol. The van der Waals surface area contributed by atoms with Crippen LogP contribution in [-0.4, -0.2) is 17.3 Å². The smallest absolute Gasteiger partial charge is 0.291 e. The van der Waals surface area contributed by atoms with Crippen molar-refractivity contribution in [1.29, 1.82) is 0 Å². The minimum atomic E-state index is -0.461. The highest BCUT2D eigenvalue weighted by Crippen LogP contribution is 2.32. The van der Waals surface area contributed by atoms with Crippen molar-refractivity contribution in [1.82, 2.24) is 4.98 Å². The van der Waals surface area contributed by atoms with Crippen LogP contribution in [-0.2, 0) is 0 Å². The minimum absolute atomic E-state index is 0.0737. The zero-order chi connectivity index (χ0) is 18.1. The fourth-order valence-corrected chi connectivity index (χ4v) is 3.77. The van der Waals surface area contributed by atoms with Gasteiger partial charge in [0.15, 0.2) is 0 Å². The number of aromatic nitrogens is 2. The van der Waals surface area contributed by atoms with Gasteiger partial charge in [-0.2, -0.15) is 4.73 Å². The summed E-state index contributed by atoms with van der Waals surface area (Å²) in [7, 11) is 0. The second kappa shape index (κ2) is 7.11. The van der Waals surface area contributed by atoms with Gasteiger partial charge in [-0.3, -0.25) is 0 Å². The van der Waals surface area contributed by atoms with E-state index < -0.39 is 5.82 Å². The maximum atomic E-state index is 13.7. The quantitative estimate of drug-likeness (QED) is 0.379. The fraction of sp³-hybridized carbons (Fsp3) is 0.300. The van der Waals surface area contributed by atoms with Crippen LogP contribution in [0.1, 0.15) is 25.7 Å². The van der Waals surface area contributed by atoms with Gasteiger partial charge in [0.05, 0.1) is 5.56 Å². The predicted molar refractivity (Wildman–Crippen MR) is 101 cm³/mol. The van der Waals surface area contributed by atoms with Crippen molar-refractivity contribution in [2.75, 3.05) is 6.26 Å². The molecule has 0 aliphatic heterocycles. The first-order chi connectivity index (χ1) is 12.7. The van der Waals surface area contributed by atoms with E-state index in [2.05, 4.69) is 4.98 Å². The van der Waals surface area contributed by atoms with Gasteiger partial charge in [0, 0.05) is 11.0 Å². The molecule has 0 N–H and O–H groups in total. The molecule has 4 rings (SSSR count). The predicted octanol–water partition coefficient (Wildman–Crippen LogP) is 4.72. The minimum Gasteiger partial charge on any atom is -0.618 e. The number of fused-ring (bicyclic) bond motifs is 1. The van der Waals surface area contributed by atoms with Crippen LogP contribution in [0.2, 0.25) is 0 Å². The van der Waals surface area contributed by atoms with E-state index in [4.69, 9.17) is 4.74 Å². The molecule has 1 aromatic heterocycles. The van der Waals surface area contributed by atoms with Crippen molar-refractivity contribution in [3.63, 3.8) is 0 Å². The van der Waals surface area contributed by atoms with Gasteiger partial charge in [0.2, 0.25) is 5.52 Å². The number of hydrogen-bond donors (Lipinski definition) is 0. The number of rotatable bonds is 4. The first-order valence-electron chi connectivity index (χ1n) is 8.69. The largest absolute Gasteiger partial charge is 0.618 e. The molecule has 2 aromatic carbocycles. The molecule has 26 heavy (non-hydrogen) atoms. The van der Waals surface area contributed by atoms with E-state index in [-0.39, 0.29) is 11.6 Å². The Morgan fingerprint density at radius 3 is 2.58 bits per heavy atom. The molecule has 0 amide bonds. The Labute approximate surface area is 155 Å². The normalized spacial score (nSPS) is 14.8. The summed E-state index contributed by atoms with van der Waals surface area (Å²) in [6, 6.07) is 11.7. The summed E-state index contributed by atoms with van der Waals surface area (Å²) in [6.07, 6.45) is 6.25. The third-order valence-corrected chi connectivity index (χ3v) is 5.47. The Balaban J connectivity index is 1.89. The Hall–Kier alpha value is -2.34. The van der Waals surface area contributed by atoms with E-state index in [1.807, 2.05) is 30.5 Å². The topological polar surface area (TPSA) is 49.1 Å². The number of hydrogen-bond acceptors (Lipinski definition) is 4. The van der Waals surface area contributed by atoms with Gasteiger partial charge in [0.25, 0.3) is 11.6 Å². The van der Waals surface area contributed by atoms with Gasteiger partial charge in [-0.05, 0) is 68.3 Å². The zero-order valence-electron chi connectivity index (χ0n) is 14.4. The first kappa shape index (κ1) is 17.1. The van der Waals surface area contributed by atoms with Crippen LogP contribution in [0.15, 0.2) is 47.4 Å². The number of benzene rings is 2. The van der Waals surface area contributed by atoms with Crippen molar-refractivity contribution in [3.05, 3.63) is 53.5 Å². The second-order valence-corrected chi connectivity index (χ2v) is 7.33. The van der Waals surface area contributed by atoms with Gasteiger partial charge in [-0.15, -0.1) is 11.8 Å². The molecule has 1 heterocycles. The lowest BCUT2D eigenvalue weighted by atomic mass is 10.1. The van der Waals surface area contributed by atoms with Crippen LogP contribution in [0.5, 0.6) is 5.88 Å². The van der Waals surface area contributed by atoms with Crippen LogP contribution in [0, 0.1) is 11.0 Å². The number of thioether (sulfide) groups is 1. The summed E-state index contributed by atoms with van der Waals surface area (Å²) >= 11 is 1.63. The molecule has 1 aliphatic carbocycles. The molecule has 4 nitrogen and oxygen atoms in total. The van der Waals surface area contributed by atoms with E-state index in [1.165, 1.54) is 18.2 Å². The summed E-state index contributed by atoms with van der Waals surface area (Å²) in [6.45, 7) is 0. The highest BCUT2D eigenvalue weighted by Gasteiger charge is 2.26. The lowest BCUT2D eigenvalue weighted by molar-refractivity contribution is -0.565. The number of ether oxygens (including phenoxy) is 1. The lowest BCUT2D eigenvalue weighted by Crippen LogP contribution is -2.32. The first-order valence-corrected chi connectivity index (χ1v) is 9.92. The van der Waals surface area contributed by atoms with Crippen LogP contribution < -0.4 is 9.47 Å². The van der Waals surface area contributed by atoms with Gasteiger partial charge in [-0.1, -0.05) is 0 Å². The molecule has 0 atom stereocenters. The van der Waals surface area contributed by atoms with Gasteiger partial charge >= 0.3 is 0 Å². The lowest BCUT2D eigenvalue weighted by Gasteiger charge is -2.16. The molecule has 0 unspecified atom stereocenters. The Morgan fingerprint density at radius 2 is 1.88 bits per heavy atom. The molecule has 0 radical (unpaired) electrons. The maximum Gasteiger partial charge on any atom is 0.291 e. The Bertz CT molecular complexity index is 941. The number of nitrogens with zero attached hydrogens (tertiary/aromatic N) is 2. The fourth-order valence-electron chi connectivity index (χ4n) is 3.36. The monoisotopic (exact) mass is 370 g/mol. The van der Waals surface area contributed by atoms with Gasteiger partial charge in [-0.25, -0.2) is 9.37 Å². The summed E-state index contributed by atoms with van der Waals surface area (Å²) in [4.78, 5) is 5.65. The Kier molecular flexibility index (Phi) is 4.68. The van der Waals surface area contributed by atoms with E-state index in [0.29, 0.717) is 22.7 Å². The van der Waals surface area contributed by atoms with Crippen molar-refractivity contribution < 1.29 is 13.9 Å². The van der Waals surface area contributed by atoms with Gasteiger partial charge in [0.1, 0.15) is 17.4 Å². The van der Waals surface area contributed by atoms with E-state index >= 15 is 0 Å². The van der Waals surface area contributed by atoms with E-state index in [1.54, 1.807) is 11.8 Å². The molecule has 3 aromatic rings. The highest BCUT2D eigenvalue weighted by atomic mass is 32.2. The van der Waals surface area contributed by atoms with Gasteiger partial charge < -0.3 is 9.94 Å². The molecule has 1 aliphatic rings. The SMILES string of the molecule is CSc1ccc(-c2c(OC3CCCC3)nc3ccc(F)cc3[n+]2[O-])cc1. The summed E-state index contributed by atoms with van der Waals surface area (Å²) < 4.78 is 20.5. The second-order valence-electron chi connectivity index (χ2n) is 6.45. The summed E-state index contributed by atoms with van der Waals surface area (Å²) in [5.74, 6) is -0.139. The molecule has 134 valence electrons. The average Bonchev–Trinajstić information content (AvgIpc) is 3.16. The molecular weight excluding hydrogens is 351 g/mol. The standard InChI is InChI=1S/C20H19FN2O2S/c1-26-16-9-6-13(7-10-16)19-20(25-15-4-2-3-5-15)22-17-11-8-14(21)12-18(17)23(19)24/h6-12,15H,2-5H2,1H3. The van der Waals surface area contributed by atoms with Crippen molar-refractivity contribution in [3.8, 4) is 17.1 Å². The van der Waals surface area contributed by atoms with Crippen molar-refractivity contribution in [2.45, 2.75) is 36.7 Å². The molecular formula is C20H19FN2O2S. The summed E-state index contributed by atoms with van der Waals surface area (Å²) in [5, 5.41) is 13.1. The molecule has 0 bridgehead atoms. The molecule has 0 spiro atoms. The van der Waals surface area contributed by atoms with Crippen molar-refractivity contribution >= 4 is 22.8 Å². The van der Waals surface area contributed by atoms with Crippen LogP contribution in [0.25, 0.3) is 22.3 Å². The van der Waals surface area contributed by atoms with Crippen molar-refractivity contribution in [2.24, 2.45) is 0 Å². The highest BCUT2D eigenvalue weighted by molar-refractivity contribution is 7.98. The maximum absolute atomic E-state index is 13.7. The van der Waals surface area contributed by atoms with E-state index in [9.17, 15) is 9.60 Å². The van der Waals surface area contributed by atoms with E-state index in [0.717, 1.165) is 35.3 Å². The molecule has 6 heteroatoms. The zero-order valence-corrected chi connectivity index (χ0v) is 15.3.